The predicted octanol–water partition coefficient (Wildman–Crippen LogP) is 6.56. The molecular weight excluding hydrogens is 418 g/mol. The highest BCUT2D eigenvalue weighted by Gasteiger charge is 2.38. The van der Waals surface area contributed by atoms with Crippen molar-refractivity contribution in [3.8, 4) is 11.8 Å². The number of aromatic nitrogens is 3. The third kappa shape index (κ3) is 3.66. The fourth-order valence-corrected chi connectivity index (χ4v) is 4.17. The molecule has 0 spiro atoms. The lowest BCUT2D eigenvalue weighted by molar-refractivity contribution is 0.443. The van der Waals surface area contributed by atoms with Crippen LogP contribution in [0.15, 0.2) is 122 Å². The molecule has 0 radical (unpaired) electrons. The molecule has 0 bridgehead atoms. The van der Waals surface area contributed by atoms with E-state index in [9.17, 15) is 0 Å². The van der Waals surface area contributed by atoms with Crippen LogP contribution in [0.25, 0.3) is 0 Å². The Balaban J connectivity index is 1.70. The Labute approximate surface area is 191 Å². The van der Waals surface area contributed by atoms with Gasteiger partial charge >= 0.3 is 0 Å². The van der Waals surface area contributed by atoms with Crippen molar-refractivity contribution >= 4 is 11.6 Å². The van der Waals surface area contributed by atoms with Gasteiger partial charge in [0.05, 0.1) is 11.2 Å². The number of benzene rings is 3. The Morgan fingerprint density at radius 3 is 1.62 bits per heavy atom. The number of rotatable bonds is 6. The molecule has 2 heterocycles. The molecule has 0 N–H and O–H groups in total. The predicted molar refractivity (Wildman–Crippen MR) is 126 cm³/mol. The molecule has 4 nitrogen and oxygen atoms in total. The van der Waals surface area contributed by atoms with Gasteiger partial charge < -0.3 is 9.30 Å². The number of ether oxygens (including phenoxy) is 1. The molecule has 0 atom stereocenters. The van der Waals surface area contributed by atoms with Crippen molar-refractivity contribution in [3.05, 3.63) is 144 Å². The van der Waals surface area contributed by atoms with Crippen molar-refractivity contribution in [2.24, 2.45) is 0 Å². The number of halogens is 1. The fraction of sp³-hybridized carbons (Fsp3) is 0.0370. The first-order chi connectivity index (χ1) is 15.8. The van der Waals surface area contributed by atoms with Gasteiger partial charge in [-0.1, -0.05) is 103 Å². The molecule has 5 heteroatoms. The highest BCUT2D eigenvalue weighted by Crippen LogP contribution is 2.41. The number of hydrogen-bond donors (Lipinski definition) is 0. The molecule has 0 aliphatic carbocycles. The van der Waals surface area contributed by atoms with Crippen LogP contribution < -0.4 is 4.74 Å². The van der Waals surface area contributed by atoms with Crippen molar-refractivity contribution in [1.82, 2.24) is 14.5 Å². The molecule has 0 unspecified atom stereocenters. The van der Waals surface area contributed by atoms with Gasteiger partial charge in [0.25, 0.3) is 0 Å². The van der Waals surface area contributed by atoms with E-state index < -0.39 is 5.54 Å². The summed E-state index contributed by atoms with van der Waals surface area (Å²) >= 11 is 5.94. The molecule has 0 aliphatic rings. The summed E-state index contributed by atoms with van der Waals surface area (Å²) in [5.41, 5.74) is 2.72. The molecule has 0 saturated heterocycles. The summed E-state index contributed by atoms with van der Waals surface area (Å²) in [6.07, 6.45) is 5.26. The van der Waals surface area contributed by atoms with Crippen LogP contribution in [0.2, 0.25) is 5.02 Å². The summed E-state index contributed by atoms with van der Waals surface area (Å²) in [4.78, 5) is 8.76. The summed E-state index contributed by atoms with van der Waals surface area (Å²) in [6, 6.07) is 34.7. The second-order valence-electron chi connectivity index (χ2n) is 7.34. The van der Waals surface area contributed by atoms with Gasteiger partial charge in [0, 0.05) is 12.3 Å². The molecule has 5 rings (SSSR count). The monoisotopic (exact) mass is 437 g/mol. The van der Waals surface area contributed by atoms with Crippen LogP contribution in [0.5, 0.6) is 11.8 Å². The highest BCUT2D eigenvalue weighted by molar-refractivity contribution is 6.30. The largest absolute Gasteiger partial charge is 0.419 e. The number of imidazole rings is 1. The third-order valence-electron chi connectivity index (χ3n) is 5.43. The van der Waals surface area contributed by atoms with Gasteiger partial charge in [-0.25, -0.2) is 9.97 Å². The van der Waals surface area contributed by atoms with E-state index in [0.29, 0.717) is 16.8 Å². The van der Waals surface area contributed by atoms with Crippen LogP contribution >= 0.6 is 11.6 Å². The van der Waals surface area contributed by atoms with Crippen LogP contribution in [0.3, 0.4) is 0 Å². The van der Waals surface area contributed by atoms with Gasteiger partial charge in [-0.05, 0) is 22.8 Å². The van der Waals surface area contributed by atoms with E-state index >= 15 is 0 Å². The summed E-state index contributed by atoms with van der Waals surface area (Å²) < 4.78 is 8.01. The smallest absolute Gasteiger partial charge is 0.239 e. The van der Waals surface area contributed by atoms with Crippen molar-refractivity contribution in [2.75, 3.05) is 0 Å². The molecule has 0 aliphatic heterocycles. The maximum absolute atomic E-state index is 5.94. The Bertz CT molecular complexity index is 1190. The topological polar surface area (TPSA) is 39.9 Å². The maximum atomic E-state index is 5.94. The molecule has 0 fully saturated rings. The van der Waals surface area contributed by atoms with Crippen LogP contribution in [-0.4, -0.2) is 14.5 Å². The van der Waals surface area contributed by atoms with Crippen molar-refractivity contribution in [3.63, 3.8) is 0 Å². The lowest BCUT2D eigenvalue weighted by Crippen LogP contribution is -2.36. The Morgan fingerprint density at radius 1 is 0.625 bits per heavy atom. The molecular formula is C27H20ClN3O. The summed E-state index contributed by atoms with van der Waals surface area (Å²) in [5, 5.41) is 0.555. The fourth-order valence-electron chi connectivity index (χ4n) is 4.06. The Hall–Kier alpha value is -3.89. The average molecular weight is 438 g/mol. The van der Waals surface area contributed by atoms with Gasteiger partial charge in [0.1, 0.15) is 11.9 Å². The van der Waals surface area contributed by atoms with Crippen LogP contribution in [-0.2, 0) is 5.54 Å². The zero-order chi connectivity index (χ0) is 21.8. The summed E-state index contributed by atoms with van der Waals surface area (Å²) in [6.45, 7) is 0. The number of nitrogens with zero attached hydrogens (tertiary/aromatic N) is 3. The Kier molecular flexibility index (Phi) is 5.44. The third-order valence-corrected chi connectivity index (χ3v) is 5.65. The number of pyridine rings is 1. The highest BCUT2D eigenvalue weighted by atomic mass is 35.5. The molecule has 0 amide bonds. The quantitative estimate of drug-likeness (QED) is 0.282. The zero-order valence-corrected chi connectivity index (χ0v) is 17.9. The van der Waals surface area contributed by atoms with Crippen LogP contribution in [0.4, 0.5) is 0 Å². The lowest BCUT2D eigenvalue weighted by atomic mass is 9.77. The van der Waals surface area contributed by atoms with Crippen molar-refractivity contribution in [2.45, 2.75) is 5.54 Å². The summed E-state index contributed by atoms with van der Waals surface area (Å²) in [5.74, 6) is 0.886. The standard InChI is InChI=1S/C27H20ClN3O/c28-24-16-17-25(29-18-24)32-26-19-31(20-30-26)27(21-10-4-1-5-11-21,22-12-6-2-7-13-22)23-14-8-3-9-15-23/h1-20H. The minimum absolute atomic E-state index is 0.435. The molecule has 3 aromatic carbocycles. The van der Waals surface area contributed by atoms with Gasteiger partial charge in [-0.15, -0.1) is 0 Å². The van der Waals surface area contributed by atoms with E-state index in [1.807, 2.05) is 24.4 Å². The van der Waals surface area contributed by atoms with Gasteiger partial charge in [0.15, 0.2) is 0 Å². The second kappa shape index (κ2) is 8.69. The lowest BCUT2D eigenvalue weighted by Gasteiger charge is -2.37. The van der Waals surface area contributed by atoms with E-state index in [1.165, 1.54) is 0 Å². The first kappa shape index (κ1) is 20.0. The second-order valence-corrected chi connectivity index (χ2v) is 7.78. The van der Waals surface area contributed by atoms with Gasteiger partial charge in [-0.2, -0.15) is 0 Å². The van der Waals surface area contributed by atoms with E-state index in [4.69, 9.17) is 16.3 Å². The normalized spacial score (nSPS) is 11.3. The molecule has 2 aromatic heterocycles. The van der Waals surface area contributed by atoms with E-state index in [2.05, 4.69) is 87.3 Å². The SMILES string of the molecule is Clc1ccc(Oc2cn(C(c3ccccc3)(c3ccccc3)c3ccccc3)cn2)nc1. The Morgan fingerprint density at radius 2 is 1.16 bits per heavy atom. The van der Waals surface area contributed by atoms with Gasteiger partial charge in [0.2, 0.25) is 11.8 Å². The van der Waals surface area contributed by atoms with E-state index in [1.54, 1.807) is 24.7 Å². The zero-order valence-electron chi connectivity index (χ0n) is 17.2. The summed E-state index contributed by atoms with van der Waals surface area (Å²) in [7, 11) is 0. The molecule has 0 saturated carbocycles. The minimum Gasteiger partial charge on any atom is -0.419 e. The molecule has 32 heavy (non-hydrogen) atoms. The number of hydrogen-bond acceptors (Lipinski definition) is 3. The van der Waals surface area contributed by atoms with E-state index in [-0.39, 0.29) is 0 Å². The van der Waals surface area contributed by atoms with Crippen LogP contribution in [0.1, 0.15) is 16.7 Å². The van der Waals surface area contributed by atoms with Crippen molar-refractivity contribution < 1.29 is 4.74 Å². The van der Waals surface area contributed by atoms with Crippen molar-refractivity contribution in [1.29, 1.82) is 0 Å². The van der Waals surface area contributed by atoms with Gasteiger partial charge in [-0.3, -0.25) is 0 Å². The first-order valence-corrected chi connectivity index (χ1v) is 10.6. The average Bonchev–Trinajstić information content (AvgIpc) is 3.32. The molecule has 5 aromatic rings. The maximum Gasteiger partial charge on any atom is 0.239 e. The minimum atomic E-state index is -0.633. The van der Waals surface area contributed by atoms with Crippen LogP contribution in [0, 0.1) is 0 Å². The molecule has 156 valence electrons. The first-order valence-electron chi connectivity index (χ1n) is 10.3. The van der Waals surface area contributed by atoms with E-state index in [0.717, 1.165) is 16.7 Å².